The molecule has 0 aliphatic carbocycles. The van der Waals surface area contributed by atoms with E-state index < -0.39 is 6.36 Å². The molecular formula is C12H15BrF3NOS. The van der Waals surface area contributed by atoms with E-state index in [-0.39, 0.29) is 10.2 Å². The number of nitrogens with one attached hydrogen (secondary N) is 1. The van der Waals surface area contributed by atoms with E-state index in [2.05, 4.69) is 32.9 Å². The molecule has 19 heavy (non-hydrogen) atoms. The second-order valence-electron chi connectivity index (χ2n) is 3.67. The van der Waals surface area contributed by atoms with Crippen molar-refractivity contribution in [2.45, 2.75) is 19.7 Å². The van der Waals surface area contributed by atoms with Crippen molar-refractivity contribution >= 4 is 33.4 Å². The lowest BCUT2D eigenvalue weighted by Gasteiger charge is -2.12. The fourth-order valence-corrected chi connectivity index (χ4v) is 2.47. The Morgan fingerprint density at radius 2 is 2.11 bits per heavy atom. The number of rotatable bonds is 7. The molecule has 0 atom stereocenters. The van der Waals surface area contributed by atoms with Gasteiger partial charge in [-0.05, 0) is 52.1 Å². The smallest absolute Gasteiger partial charge is 0.405 e. The van der Waals surface area contributed by atoms with Gasteiger partial charge < -0.3 is 10.1 Å². The number of ether oxygens (including phenoxy) is 1. The van der Waals surface area contributed by atoms with Crippen LogP contribution >= 0.6 is 27.7 Å². The molecule has 2 nitrogen and oxygen atoms in total. The largest absolute Gasteiger partial charge is 0.573 e. The molecular weight excluding hydrogens is 343 g/mol. The Kier molecular flexibility index (Phi) is 6.85. The number of hydrogen-bond acceptors (Lipinski definition) is 3. The highest BCUT2D eigenvalue weighted by Crippen LogP contribution is 2.32. The minimum absolute atomic E-state index is 0.236. The molecule has 0 heterocycles. The van der Waals surface area contributed by atoms with Crippen molar-refractivity contribution in [1.82, 2.24) is 0 Å². The molecule has 0 radical (unpaired) electrons. The SMILES string of the molecule is CCSCCCNc1ccc(OC(F)(F)F)c(Br)c1. The van der Waals surface area contributed by atoms with Gasteiger partial charge in [-0.2, -0.15) is 11.8 Å². The third kappa shape index (κ3) is 6.96. The maximum Gasteiger partial charge on any atom is 0.573 e. The van der Waals surface area contributed by atoms with Crippen LogP contribution in [0.25, 0.3) is 0 Å². The van der Waals surface area contributed by atoms with Crippen molar-refractivity contribution in [3.63, 3.8) is 0 Å². The van der Waals surface area contributed by atoms with Gasteiger partial charge in [-0.1, -0.05) is 6.92 Å². The van der Waals surface area contributed by atoms with Crippen LogP contribution in [0.2, 0.25) is 0 Å². The van der Waals surface area contributed by atoms with Gasteiger partial charge in [0.05, 0.1) is 4.47 Å². The van der Waals surface area contributed by atoms with Crippen LogP contribution in [0.5, 0.6) is 5.75 Å². The number of anilines is 1. The van der Waals surface area contributed by atoms with Crippen LogP contribution in [0.3, 0.4) is 0 Å². The van der Waals surface area contributed by atoms with E-state index in [0.29, 0.717) is 0 Å². The molecule has 0 saturated heterocycles. The number of thioether (sulfide) groups is 1. The van der Waals surface area contributed by atoms with Gasteiger partial charge in [-0.15, -0.1) is 13.2 Å². The average molecular weight is 358 g/mol. The van der Waals surface area contributed by atoms with Crippen molar-refractivity contribution in [2.75, 3.05) is 23.4 Å². The third-order valence-electron chi connectivity index (χ3n) is 2.16. The summed E-state index contributed by atoms with van der Waals surface area (Å²) in [6.07, 6.45) is -3.66. The lowest BCUT2D eigenvalue weighted by atomic mass is 10.3. The van der Waals surface area contributed by atoms with E-state index in [0.717, 1.165) is 30.2 Å². The molecule has 7 heteroatoms. The Morgan fingerprint density at radius 3 is 2.68 bits per heavy atom. The molecule has 0 unspecified atom stereocenters. The summed E-state index contributed by atoms with van der Waals surface area (Å²) in [4.78, 5) is 0. The number of benzene rings is 1. The monoisotopic (exact) mass is 357 g/mol. The van der Waals surface area contributed by atoms with E-state index in [4.69, 9.17) is 0 Å². The predicted molar refractivity (Wildman–Crippen MR) is 76.9 cm³/mol. The summed E-state index contributed by atoms with van der Waals surface area (Å²) in [5.74, 6) is 1.93. The Labute approximate surface area is 123 Å². The van der Waals surface area contributed by atoms with E-state index >= 15 is 0 Å². The third-order valence-corrected chi connectivity index (χ3v) is 3.76. The Morgan fingerprint density at radius 1 is 1.37 bits per heavy atom. The molecule has 0 spiro atoms. The summed E-state index contributed by atoms with van der Waals surface area (Å²) in [5.41, 5.74) is 0.767. The number of halogens is 4. The Bertz CT molecular complexity index is 401. The standard InChI is InChI=1S/C12H15BrF3NOS/c1-2-19-7-3-6-17-9-4-5-11(10(13)8-9)18-12(14,15)16/h4-5,8,17H,2-3,6-7H2,1H3. The van der Waals surface area contributed by atoms with Crippen LogP contribution in [0, 0.1) is 0 Å². The molecule has 0 amide bonds. The van der Waals surface area contributed by atoms with Crippen LogP contribution in [0.4, 0.5) is 18.9 Å². The van der Waals surface area contributed by atoms with E-state index in [1.807, 2.05) is 11.8 Å². The highest BCUT2D eigenvalue weighted by molar-refractivity contribution is 9.10. The summed E-state index contributed by atoms with van der Waals surface area (Å²) in [6.45, 7) is 2.90. The Balaban J connectivity index is 2.47. The summed E-state index contributed by atoms with van der Waals surface area (Å²) in [7, 11) is 0. The van der Waals surface area contributed by atoms with E-state index in [9.17, 15) is 13.2 Å². The van der Waals surface area contributed by atoms with Crippen LogP contribution in [0.15, 0.2) is 22.7 Å². The second kappa shape index (κ2) is 7.89. The first-order chi connectivity index (χ1) is 8.92. The zero-order valence-corrected chi connectivity index (χ0v) is 12.8. The summed E-state index contributed by atoms with van der Waals surface area (Å²) >= 11 is 4.93. The summed E-state index contributed by atoms with van der Waals surface area (Å²) < 4.78 is 40.4. The maximum absolute atomic E-state index is 12.1. The minimum atomic E-state index is -4.67. The Hall–Kier alpha value is -0.560. The molecule has 0 saturated carbocycles. The molecule has 1 rings (SSSR count). The van der Waals surface area contributed by atoms with Crippen molar-refractivity contribution in [2.24, 2.45) is 0 Å². The van der Waals surface area contributed by atoms with Gasteiger partial charge in [0.15, 0.2) is 0 Å². The van der Waals surface area contributed by atoms with Crippen LogP contribution in [-0.4, -0.2) is 24.4 Å². The zero-order valence-electron chi connectivity index (χ0n) is 10.4. The first-order valence-electron chi connectivity index (χ1n) is 5.79. The van der Waals surface area contributed by atoms with Crippen LogP contribution < -0.4 is 10.1 Å². The molecule has 0 aliphatic rings. The summed E-state index contributed by atoms with van der Waals surface area (Å²) in [5, 5.41) is 3.15. The quantitative estimate of drug-likeness (QED) is 0.701. The highest BCUT2D eigenvalue weighted by Gasteiger charge is 2.31. The van der Waals surface area contributed by atoms with Gasteiger partial charge in [0.25, 0.3) is 0 Å². The molecule has 0 bridgehead atoms. The molecule has 108 valence electrons. The lowest BCUT2D eigenvalue weighted by molar-refractivity contribution is -0.274. The first-order valence-corrected chi connectivity index (χ1v) is 7.74. The van der Waals surface area contributed by atoms with Gasteiger partial charge in [-0.3, -0.25) is 0 Å². The van der Waals surface area contributed by atoms with Crippen LogP contribution in [-0.2, 0) is 0 Å². The van der Waals surface area contributed by atoms with Crippen molar-refractivity contribution in [3.8, 4) is 5.75 Å². The van der Waals surface area contributed by atoms with E-state index in [1.165, 1.54) is 6.07 Å². The van der Waals surface area contributed by atoms with Gasteiger partial charge >= 0.3 is 6.36 Å². The van der Waals surface area contributed by atoms with Gasteiger partial charge in [0.2, 0.25) is 0 Å². The first kappa shape index (κ1) is 16.5. The number of hydrogen-bond donors (Lipinski definition) is 1. The minimum Gasteiger partial charge on any atom is -0.405 e. The van der Waals surface area contributed by atoms with Gasteiger partial charge in [0.1, 0.15) is 5.75 Å². The fraction of sp³-hybridized carbons (Fsp3) is 0.500. The maximum atomic E-state index is 12.1. The topological polar surface area (TPSA) is 21.3 Å². The zero-order chi connectivity index (χ0) is 14.3. The normalized spacial score (nSPS) is 11.4. The van der Waals surface area contributed by atoms with Crippen molar-refractivity contribution in [3.05, 3.63) is 22.7 Å². The molecule has 1 N–H and O–H groups in total. The average Bonchev–Trinajstić information content (AvgIpc) is 2.31. The molecule has 0 aliphatic heterocycles. The number of alkyl halides is 3. The molecule has 0 fully saturated rings. The van der Waals surface area contributed by atoms with Gasteiger partial charge in [-0.25, -0.2) is 0 Å². The molecule has 0 aromatic heterocycles. The van der Waals surface area contributed by atoms with Crippen molar-refractivity contribution in [1.29, 1.82) is 0 Å². The summed E-state index contributed by atoms with van der Waals surface area (Å²) in [6, 6.07) is 4.44. The van der Waals surface area contributed by atoms with Crippen molar-refractivity contribution < 1.29 is 17.9 Å². The van der Waals surface area contributed by atoms with Crippen LogP contribution in [0.1, 0.15) is 13.3 Å². The second-order valence-corrected chi connectivity index (χ2v) is 5.92. The molecule has 1 aromatic rings. The van der Waals surface area contributed by atoms with Gasteiger partial charge in [0, 0.05) is 12.2 Å². The molecule has 1 aromatic carbocycles. The van der Waals surface area contributed by atoms with E-state index in [1.54, 1.807) is 12.1 Å². The fourth-order valence-electron chi connectivity index (χ4n) is 1.37. The lowest BCUT2D eigenvalue weighted by Crippen LogP contribution is -2.17. The predicted octanol–water partition coefficient (Wildman–Crippen LogP) is 4.90. The highest BCUT2D eigenvalue weighted by atomic mass is 79.9.